The summed E-state index contributed by atoms with van der Waals surface area (Å²) in [6.45, 7) is 6.51. The topological polar surface area (TPSA) is 36.9 Å². The van der Waals surface area contributed by atoms with E-state index in [1.54, 1.807) is 0 Å². The molecule has 1 aliphatic heterocycles. The highest BCUT2D eigenvalue weighted by Gasteiger charge is 2.37. The molecule has 1 fully saturated rings. The molecule has 0 spiro atoms. The van der Waals surface area contributed by atoms with E-state index in [0.717, 1.165) is 19.3 Å². The third-order valence-corrected chi connectivity index (χ3v) is 1.81. The van der Waals surface area contributed by atoms with Crippen molar-refractivity contribution in [1.82, 2.24) is 0 Å². The van der Waals surface area contributed by atoms with E-state index >= 15 is 0 Å². The maximum Gasteiger partial charge on any atom is 0.412 e. The Morgan fingerprint density at radius 2 is 1.50 bits per heavy atom. The lowest BCUT2D eigenvalue weighted by Crippen LogP contribution is -2.46. The standard InChI is InChI=1S/C10H20O4/c1-3-6-11-10(12-7-4-2)13-8-5-9-14-10/h3-9H2,1-2H3. The van der Waals surface area contributed by atoms with Gasteiger partial charge < -0.3 is 18.9 Å². The second-order valence-electron chi connectivity index (χ2n) is 3.25. The summed E-state index contributed by atoms with van der Waals surface area (Å²) in [5.74, 6) is 0. The molecule has 0 saturated carbocycles. The van der Waals surface area contributed by atoms with Crippen LogP contribution in [0.1, 0.15) is 33.1 Å². The summed E-state index contributed by atoms with van der Waals surface area (Å²) < 4.78 is 21.7. The molecular formula is C10H20O4. The van der Waals surface area contributed by atoms with Crippen LogP contribution in [0.4, 0.5) is 0 Å². The summed E-state index contributed by atoms with van der Waals surface area (Å²) in [4.78, 5) is 0. The minimum absolute atomic E-state index is 0.587. The van der Waals surface area contributed by atoms with Crippen molar-refractivity contribution < 1.29 is 18.9 Å². The van der Waals surface area contributed by atoms with Gasteiger partial charge in [-0.1, -0.05) is 13.8 Å². The molecule has 0 aliphatic carbocycles. The Morgan fingerprint density at radius 1 is 1.00 bits per heavy atom. The van der Waals surface area contributed by atoms with Gasteiger partial charge in [-0.05, 0) is 19.3 Å². The normalized spacial score (nSPS) is 21.0. The molecule has 0 N–H and O–H groups in total. The van der Waals surface area contributed by atoms with Gasteiger partial charge in [-0.2, -0.15) is 0 Å². The molecule has 1 saturated heterocycles. The lowest BCUT2D eigenvalue weighted by molar-refractivity contribution is -0.511. The van der Waals surface area contributed by atoms with Crippen molar-refractivity contribution >= 4 is 0 Å². The van der Waals surface area contributed by atoms with E-state index in [0.29, 0.717) is 26.4 Å². The summed E-state index contributed by atoms with van der Waals surface area (Å²) in [7, 11) is 0. The lowest BCUT2D eigenvalue weighted by Gasteiger charge is -2.34. The summed E-state index contributed by atoms with van der Waals surface area (Å²) in [6, 6.07) is 0. The lowest BCUT2D eigenvalue weighted by atomic mass is 10.4. The maximum absolute atomic E-state index is 5.46. The fourth-order valence-electron chi connectivity index (χ4n) is 1.16. The average molecular weight is 204 g/mol. The van der Waals surface area contributed by atoms with E-state index in [1.165, 1.54) is 0 Å². The highest BCUT2D eigenvalue weighted by Crippen LogP contribution is 2.22. The van der Waals surface area contributed by atoms with Crippen LogP contribution in [-0.4, -0.2) is 32.6 Å². The summed E-state index contributed by atoms with van der Waals surface area (Å²) in [5, 5.41) is 0. The first-order chi connectivity index (χ1) is 6.83. The predicted molar refractivity (Wildman–Crippen MR) is 51.7 cm³/mol. The molecular weight excluding hydrogens is 184 g/mol. The molecule has 1 heterocycles. The molecule has 14 heavy (non-hydrogen) atoms. The van der Waals surface area contributed by atoms with Crippen molar-refractivity contribution in [2.75, 3.05) is 26.4 Å². The molecule has 0 aromatic rings. The van der Waals surface area contributed by atoms with Crippen molar-refractivity contribution in [2.24, 2.45) is 0 Å². The van der Waals surface area contributed by atoms with Crippen molar-refractivity contribution in [1.29, 1.82) is 0 Å². The van der Waals surface area contributed by atoms with Gasteiger partial charge in [0.05, 0.1) is 26.4 Å². The van der Waals surface area contributed by atoms with Crippen molar-refractivity contribution in [3.8, 4) is 0 Å². The van der Waals surface area contributed by atoms with Crippen LogP contribution in [0.15, 0.2) is 0 Å². The SMILES string of the molecule is CCCOC1(OCCC)OCCCO1. The van der Waals surface area contributed by atoms with E-state index in [9.17, 15) is 0 Å². The molecule has 1 rings (SSSR count). The van der Waals surface area contributed by atoms with Gasteiger partial charge in [-0.15, -0.1) is 0 Å². The summed E-state index contributed by atoms with van der Waals surface area (Å²) >= 11 is 0. The zero-order valence-corrected chi connectivity index (χ0v) is 9.08. The Hall–Kier alpha value is -0.160. The minimum atomic E-state index is -1.22. The first-order valence-corrected chi connectivity index (χ1v) is 5.39. The van der Waals surface area contributed by atoms with Crippen LogP contribution in [0.25, 0.3) is 0 Å². The van der Waals surface area contributed by atoms with Crippen LogP contribution in [0.5, 0.6) is 0 Å². The van der Waals surface area contributed by atoms with Crippen LogP contribution < -0.4 is 0 Å². The highest BCUT2D eigenvalue weighted by molar-refractivity contribution is 4.51. The van der Waals surface area contributed by atoms with Crippen molar-refractivity contribution in [2.45, 2.75) is 39.3 Å². The third kappa shape index (κ3) is 3.53. The van der Waals surface area contributed by atoms with Gasteiger partial charge >= 0.3 is 6.16 Å². The molecule has 0 amide bonds. The van der Waals surface area contributed by atoms with Crippen LogP contribution in [0.3, 0.4) is 0 Å². The number of rotatable bonds is 6. The first kappa shape index (κ1) is 11.9. The second kappa shape index (κ2) is 6.35. The molecule has 0 aromatic heterocycles. The van der Waals surface area contributed by atoms with Gasteiger partial charge in [-0.25, -0.2) is 0 Å². The Morgan fingerprint density at radius 3 is 1.93 bits per heavy atom. The van der Waals surface area contributed by atoms with Crippen molar-refractivity contribution in [3.63, 3.8) is 0 Å². The van der Waals surface area contributed by atoms with E-state index in [2.05, 4.69) is 0 Å². The number of ether oxygens (including phenoxy) is 4. The summed E-state index contributed by atoms with van der Waals surface area (Å²) in [5.41, 5.74) is 0. The summed E-state index contributed by atoms with van der Waals surface area (Å²) in [6.07, 6.45) is 1.52. The molecule has 4 heteroatoms. The van der Waals surface area contributed by atoms with Crippen LogP contribution in [0.2, 0.25) is 0 Å². The Kier molecular flexibility index (Phi) is 5.40. The van der Waals surface area contributed by atoms with Gasteiger partial charge in [0.2, 0.25) is 0 Å². The van der Waals surface area contributed by atoms with Crippen LogP contribution in [-0.2, 0) is 18.9 Å². The zero-order valence-electron chi connectivity index (χ0n) is 9.08. The molecule has 0 unspecified atom stereocenters. The van der Waals surface area contributed by atoms with Gasteiger partial charge in [0, 0.05) is 0 Å². The molecule has 4 nitrogen and oxygen atoms in total. The molecule has 0 radical (unpaired) electrons. The molecule has 0 atom stereocenters. The maximum atomic E-state index is 5.46. The van der Waals surface area contributed by atoms with Gasteiger partial charge in [0.15, 0.2) is 0 Å². The Labute approximate surface area is 85.5 Å². The zero-order chi connectivity index (χ0) is 10.3. The van der Waals surface area contributed by atoms with Crippen LogP contribution >= 0.6 is 0 Å². The highest BCUT2D eigenvalue weighted by atomic mass is 17.0. The van der Waals surface area contributed by atoms with Gasteiger partial charge in [-0.3, -0.25) is 0 Å². The Balaban J connectivity index is 2.39. The molecule has 1 aliphatic rings. The first-order valence-electron chi connectivity index (χ1n) is 5.39. The minimum Gasteiger partial charge on any atom is -0.303 e. The van der Waals surface area contributed by atoms with Crippen LogP contribution in [0, 0.1) is 0 Å². The molecule has 0 aromatic carbocycles. The second-order valence-corrected chi connectivity index (χ2v) is 3.25. The van der Waals surface area contributed by atoms with E-state index in [1.807, 2.05) is 13.8 Å². The fraction of sp³-hybridized carbons (Fsp3) is 1.00. The monoisotopic (exact) mass is 204 g/mol. The quantitative estimate of drug-likeness (QED) is 0.619. The van der Waals surface area contributed by atoms with Gasteiger partial charge in [0.1, 0.15) is 0 Å². The van der Waals surface area contributed by atoms with Crippen molar-refractivity contribution in [3.05, 3.63) is 0 Å². The smallest absolute Gasteiger partial charge is 0.303 e. The van der Waals surface area contributed by atoms with E-state index < -0.39 is 6.16 Å². The average Bonchev–Trinajstić information content (AvgIpc) is 2.25. The Bertz CT molecular complexity index is 133. The fourth-order valence-corrected chi connectivity index (χ4v) is 1.16. The predicted octanol–water partition coefficient (Wildman–Crippen LogP) is 1.89. The van der Waals surface area contributed by atoms with Gasteiger partial charge in [0.25, 0.3) is 0 Å². The largest absolute Gasteiger partial charge is 0.412 e. The number of hydrogen-bond acceptors (Lipinski definition) is 4. The third-order valence-electron chi connectivity index (χ3n) is 1.81. The van der Waals surface area contributed by atoms with E-state index in [4.69, 9.17) is 18.9 Å². The number of hydrogen-bond donors (Lipinski definition) is 0. The van der Waals surface area contributed by atoms with E-state index in [-0.39, 0.29) is 0 Å². The molecule has 84 valence electrons. The molecule has 0 bridgehead atoms.